The van der Waals surface area contributed by atoms with Crippen molar-refractivity contribution >= 4 is 34.3 Å². The molecule has 0 saturated heterocycles. The second-order valence-corrected chi connectivity index (χ2v) is 8.29. The Kier molecular flexibility index (Phi) is 6.99. The highest BCUT2D eigenvalue weighted by Crippen LogP contribution is 2.22. The highest BCUT2D eigenvalue weighted by atomic mass is 32.2. The lowest BCUT2D eigenvalue weighted by molar-refractivity contribution is -0.115. The van der Waals surface area contributed by atoms with Crippen molar-refractivity contribution in [1.29, 1.82) is 0 Å². The second kappa shape index (κ2) is 10.3. The Bertz CT molecular complexity index is 1360. The van der Waals surface area contributed by atoms with Crippen LogP contribution in [0.2, 0.25) is 0 Å². The number of anilines is 1. The van der Waals surface area contributed by atoms with Crippen LogP contribution in [0.25, 0.3) is 10.9 Å². The summed E-state index contributed by atoms with van der Waals surface area (Å²) in [6.45, 7) is 6.32. The molecule has 0 radical (unpaired) electrons. The summed E-state index contributed by atoms with van der Waals surface area (Å²) in [5.74, 6) is 1.34. The van der Waals surface area contributed by atoms with Gasteiger partial charge in [-0.15, -0.1) is 16.8 Å². The first-order chi connectivity index (χ1) is 16.1. The molecule has 0 unspecified atom stereocenters. The van der Waals surface area contributed by atoms with E-state index >= 15 is 0 Å². The van der Waals surface area contributed by atoms with Gasteiger partial charge in [0.1, 0.15) is 11.6 Å². The molecular weight excluding hydrogens is 436 g/mol. The summed E-state index contributed by atoms with van der Waals surface area (Å²) in [5, 5.41) is 12.6. The van der Waals surface area contributed by atoms with Crippen LogP contribution in [0.4, 0.5) is 5.69 Å². The molecular formula is C24H24N6O2S. The molecule has 0 atom stereocenters. The summed E-state index contributed by atoms with van der Waals surface area (Å²) in [6, 6.07) is 15.0. The Balaban J connectivity index is 1.49. The number of amides is 1. The minimum atomic E-state index is -0.173. The van der Waals surface area contributed by atoms with E-state index in [4.69, 9.17) is 0 Å². The van der Waals surface area contributed by atoms with Crippen molar-refractivity contribution in [2.45, 2.75) is 37.2 Å². The van der Waals surface area contributed by atoms with Crippen molar-refractivity contribution in [3.05, 3.63) is 88.8 Å². The number of aromatic amines is 1. The van der Waals surface area contributed by atoms with Gasteiger partial charge in [0.05, 0.1) is 23.1 Å². The normalized spacial score (nSPS) is 10.9. The number of para-hydroxylation sites is 2. The maximum atomic E-state index is 12.7. The van der Waals surface area contributed by atoms with Crippen LogP contribution < -0.4 is 10.9 Å². The van der Waals surface area contributed by atoms with Crippen molar-refractivity contribution < 1.29 is 4.79 Å². The first-order valence-corrected chi connectivity index (χ1v) is 11.6. The minimum absolute atomic E-state index is 0.0878. The van der Waals surface area contributed by atoms with E-state index < -0.39 is 0 Å². The molecule has 2 aromatic carbocycles. The number of benzene rings is 2. The minimum Gasteiger partial charge on any atom is -0.325 e. The van der Waals surface area contributed by atoms with E-state index in [1.54, 1.807) is 12.1 Å². The molecule has 0 aliphatic heterocycles. The predicted molar refractivity (Wildman–Crippen MR) is 130 cm³/mol. The van der Waals surface area contributed by atoms with E-state index in [1.165, 1.54) is 11.8 Å². The molecule has 0 spiro atoms. The molecule has 4 aromatic rings. The van der Waals surface area contributed by atoms with E-state index in [9.17, 15) is 9.59 Å². The standard InChI is InChI=1S/C24H24N6O2S/c1-3-13-30-21(14-22(31)26-18-11-7-5-9-16(18)4-2)28-29-24(30)33-15-20-25-19-12-8-6-10-17(19)23(32)27-20/h3,5-12H,1,4,13-15H2,2H3,(H,26,31)(H,25,27,32). The van der Waals surface area contributed by atoms with Crippen LogP contribution in [-0.4, -0.2) is 30.6 Å². The van der Waals surface area contributed by atoms with Gasteiger partial charge in [0.25, 0.3) is 5.56 Å². The number of nitrogens with zero attached hydrogens (tertiary/aromatic N) is 4. The molecule has 0 aliphatic rings. The number of rotatable bonds is 9. The van der Waals surface area contributed by atoms with E-state index in [1.807, 2.05) is 54.0 Å². The summed E-state index contributed by atoms with van der Waals surface area (Å²) in [7, 11) is 0. The summed E-state index contributed by atoms with van der Waals surface area (Å²) >= 11 is 1.39. The number of allylic oxidation sites excluding steroid dienone is 1. The topological polar surface area (TPSA) is 106 Å². The van der Waals surface area contributed by atoms with Gasteiger partial charge in [-0.1, -0.05) is 55.1 Å². The summed E-state index contributed by atoms with van der Waals surface area (Å²) < 4.78 is 1.85. The Morgan fingerprint density at radius 1 is 1.18 bits per heavy atom. The van der Waals surface area contributed by atoms with E-state index in [2.05, 4.69) is 32.1 Å². The molecule has 4 rings (SSSR count). The van der Waals surface area contributed by atoms with Crippen LogP contribution in [0, 0.1) is 0 Å². The lowest BCUT2D eigenvalue weighted by atomic mass is 10.1. The largest absolute Gasteiger partial charge is 0.325 e. The van der Waals surface area contributed by atoms with Gasteiger partial charge in [-0.2, -0.15) is 0 Å². The van der Waals surface area contributed by atoms with Crippen LogP contribution in [0.3, 0.4) is 0 Å². The fraction of sp³-hybridized carbons (Fsp3) is 0.208. The van der Waals surface area contributed by atoms with Crippen molar-refractivity contribution in [2.24, 2.45) is 0 Å². The number of thioether (sulfide) groups is 1. The lowest BCUT2D eigenvalue weighted by Crippen LogP contribution is -2.18. The van der Waals surface area contributed by atoms with Gasteiger partial charge in [-0.25, -0.2) is 4.98 Å². The zero-order valence-electron chi connectivity index (χ0n) is 18.2. The third kappa shape index (κ3) is 5.20. The third-order valence-corrected chi connectivity index (χ3v) is 6.07. The van der Waals surface area contributed by atoms with Crippen LogP contribution in [0.5, 0.6) is 0 Å². The second-order valence-electron chi connectivity index (χ2n) is 7.35. The van der Waals surface area contributed by atoms with Crippen LogP contribution >= 0.6 is 11.8 Å². The molecule has 168 valence electrons. The van der Waals surface area contributed by atoms with Crippen LogP contribution in [0.1, 0.15) is 24.1 Å². The Morgan fingerprint density at radius 2 is 1.97 bits per heavy atom. The molecule has 33 heavy (non-hydrogen) atoms. The Hall–Kier alpha value is -3.72. The average Bonchev–Trinajstić information content (AvgIpc) is 3.19. The Morgan fingerprint density at radius 3 is 2.79 bits per heavy atom. The van der Waals surface area contributed by atoms with Gasteiger partial charge in [0, 0.05) is 12.2 Å². The molecule has 8 nitrogen and oxygen atoms in total. The number of hydrogen-bond donors (Lipinski definition) is 2. The van der Waals surface area contributed by atoms with Gasteiger partial charge in [0.15, 0.2) is 5.16 Å². The summed E-state index contributed by atoms with van der Waals surface area (Å²) in [5.41, 5.74) is 2.36. The molecule has 0 bridgehead atoms. The number of nitrogens with one attached hydrogen (secondary N) is 2. The predicted octanol–water partition coefficient (Wildman–Crippen LogP) is 3.74. The van der Waals surface area contributed by atoms with Gasteiger partial charge in [-0.05, 0) is 30.2 Å². The zero-order chi connectivity index (χ0) is 23.2. The molecule has 0 aliphatic carbocycles. The number of carbonyl (C=O) groups excluding carboxylic acids is 1. The fourth-order valence-corrected chi connectivity index (χ4v) is 4.33. The SMILES string of the molecule is C=CCn1c(CC(=O)Nc2ccccc2CC)nnc1SCc1nc2ccccc2c(=O)[nH]1. The van der Waals surface area contributed by atoms with Crippen LogP contribution in [0.15, 0.2) is 71.1 Å². The average molecular weight is 461 g/mol. The molecule has 2 aromatic heterocycles. The van der Waals surface area contributed by atoms with E-state index in [0.717, 1.165) is 17.7 Å². The Labute approximate surface area is 195 Å². The number of H-pyrrole nitrogens is 1. The fourth-order valence-electron chi connectivity index (χ4n) is 3.49. The smallest absolute Gasteiger partial charge is 0.258 e. The number of carbonyl (C=O) groups is 1. The number of fused-ring (bicyclic) bond motifs is 1. The quantitative estimate of drug-likeness (QED) is 0.291. The monoisotopic (exact) mass is 460 g/mol. The van der Waals surface area contributed by atoms with Gasteiger partial charge in [-0.3, -0.25) is 9.59 Å². The van der Waals surface area contributed by atoms with E-state index in [-0.39, 0.29) is 17.9 Å². The molecule has 2 N–H and O–H groups in total. The highest BCUT2D eigenvalue weighted by Gasteiger charge is 2.16. The van der Waals surface area contributed by atoms with Gasteiger partial charge >= 0.3 is 0 Å². The van der Waals surface area contributed by atoms with Crippen molar-refractivity contribution in [2.75, 3.05) is 5.32 Å². The lowest BCUT2D eigenvalue weighted by Gasteiger charge is -2.10. The van der Waals surface area contributed by atoms with Crippen molar-refractivity contribution in [1.82, 2.24) is 24.7 Å². The number of hydrogen-bond acceptors (Lipinski definition) is 6. The third-order valence-electron chi connectivity index (χ3n) is 5.10. The zero-order valence-corrected chi connectivity index (χ0v) is 19.1. The summed E-state index contributed by atoms with van der Waals surface area (Å²) in [4.78, 5) is 32.3. The van der Waals surface area contributed by atoms with Gasteiger partial charge < -0.3 is 14.9 Å². The summed E-state index contributed by atoms with van der Waals surface area (Å²) in [6.07, 6.45) is 2.65. The first-order valence-electron chi connectivity index (χ1n) is 10.6. The first kappa shape index (κ1) is 22.5. The number of aromatic nitrogens is 5. The van der Waals surface area contributed by atoms with Crippen molar-refractivity contribution in [3.8, 4) is 0 Å². The molecule has 0 fully saturated rings. The number of aryl methyl sites for hydroxylation is 1. The maximum absolute atomic E-state index is 12.7. The van der Waals surface area contributed by atoms with E-state index in [0.29, 0.717) is 40.0 Å². The maximum Gasteiger partial charge on any atom is 0.258 e. The van der Waals surface area contributed by atoms with Gasteiger partial charge in [0.2, 0.25) is 5.91 Å². The molecule has 0 saturated carbocycles. The molecule has 1 amide bonds. The molecule has 2 heterocycles. The van der Waals surface area contributed by atoms with Crippen LogP contribution in [-0.2, 0) is 29.9 Å². The molecule has 9 heteroatoms. The van der Waals surface area contributed by atoms with Crippen molar-refractivity contribution in [3.63, 3.8) is 0 Å². The highest BCUT2D eigenvalue weighted by molar-refractivity contribution is 7.98.